The number of rotatable bonds is 3. The lowest BCUT2D eigenvalue weighted by molar-refractivity contribution is 0.616. The van der Waals surface area contributed by atoms with Gasteiger partial charge in [0.25, 0.3) is 0 Å². The fourth-order valence-electron chi connectivity index (χ4n) is 1.52. The van der Waals surface area contributed by atoms with Gasteiger partial charge in [-0.25, -0.2) is 9.82 Å². The van der Waals surface area contributed by atoms with Crippen molar-refractivity contribution in [2.75, 3.05) is 0 Å². The smallest absolute Gasteiger partial charge is 0.141 e. The zero-order valence-corrected chi connectivity index (χ0v) is 9.86. The van der Waals surface area contributed by atoms with Crippen molar-refractivity contribution >= 4 is 22.9 Å². The Bertz CT molecular complexity index is 473. The molecule has 16 heavy (non-hydrogen) atoms. The summed E-state index contributed by atoms with van der Waals surface area (Å²) >= 11 is 7.32. The van der Waals surface area contributed by atoms with Crippen LogP contribution in [0.25, 0.3) is 0 Å². The van der Waals surface area contributed by atoms with E-state index in [1.54, 1.807) is 23.5 Å². The second-order valence-electron chi connectivity index (χ2n) is 3.33. The zero-order valence-electron chi connectivity index (χ0n) is 8.28. The van der Waals surface area contributed by atoms with Crippen molar-refractivity contribution in [2.24, 2.45) is 5.84 Å². The van der Waals surface area contributed by atoms with Crippen LogP contribution >= 0.6 is 22.9 Å². The molecule has 2 aromatic rings. The van der Waals surface area contributed by atoms with Crippen LogP contribution in [-0.2, 0) is 0 Å². The van der Waals surface area contributed by atoms with Gasteiger partial charge >= 0.3 is 0 Å². The Morgan fingerprint density at radius 3 is 2.69 bits per heavy atom. The third kappa shape index (κ3) is 2.25. The lowest BCUT2D eigenvalue weighted by atomic mass is 10.0. The maximum atomic E-state index is 13.0. The number of hydrazine groups is 1. The summed E-state index contributed by atoms with van der Waals surface area (Å²) in [7, 11) is 0. The van der Waals surface area contributed by atoms with Gasteiger partial charge < -0.3 is 0 Å². The molecule has 0 saturated carbocycles. The number of hydrogen-bond donors (Lipinski definition) is 2. The molecule has 2 nitrogen and oxygen atoms in total. The summed E-state index contributed by atoms with van der Waals surface area (Å²) in [6.07, 6.45) is 0. The molecule has 1 aromatic carbocycles. The van der Waals surface area contributed by atoms with Crippen LogP contribution in [0, 0.1) is 5.82 Å². The van der Waals surface area contributed by atoms with Crippen LogP contribution in [0.15, 0.2) is 35.0 Å². The van der Waals surface area contributed by atoms with Crippen molar-refractivity contribution < 1.29 is 4.39 Å². The molecule has 0 spiro atoms. The average Bonchev–Trinajstić information content (AvgIpc) is 2.78. The molecule has 0 saturated heterocycles. The fraction of sp³-hybridized carbons (Fsp3) is 0.0909. The summed E-state index contributed by atoms with van der Waals surface area (Å²) < 4.78 is 13.0. The van der Waals surface area contributed by atoms with Crippen LogP contribution in [0.3, 0.4) is 0 Å². The molecule has 3 N–H and O–H groups in total. The van der Waals surface area contributed by atoms with E-state index in [-0.39, 0.29) is 11.1 Å². The minimum atomic E-state index is -0.425. The summed E-state index contributed by atoms with van der Waals surface area (Å²) in [5.41, 5.74) is 4.57. The monoisotopic (exact) mass is 256 g/mol. The molecule has 1 unspecified atom stereocenters. The summed E-state index contributed by atoms with van der Waals surface area (Å²) in [5, 5.41) is 4.06. The predicted octanol–water partition coefficient (Wildman–Crippen LogP) is 3.09. The highest BCUT2D eigenvalue weighted by molar-refractivity contribution is 7.08. The highest BCUT2D eigenvalue weighted by Gasteiger charge is 2.14. The van der Waals surface area contributed by atoms with Gasteiger partial charge in [-0.05, 0) is 40.1 Å². The van der Waals surface area contributed by atoms with Crippen molar-refractivity contribution in [1.29, 1.82) is 0 Å². The van der Waals surface area contributed by atoms with E-state index in [0.717, 1.165) is 11.1 Å². The van der Waals surface area contributed by atoms with E-state index >= 15 is 0 Å². The minimum Gasteiger partial charge on any atom is -0.271 e. The standard InChI is InChI=1S/C11H10ClFN2S/c12-9-5-7(1-2-10(9)13)11(15-14)8-3-4-16-6-8/h1-6,11,15H,14H2. The number of benzene rings is 1. The molecular formula is C11H10ClFN2S. The summed E-state index contributed by atoms with van der Waals surface area (Å²) in [4.78, 5) is 0. The zero-order chi connectivity index (χ0) is 11.5. The Morgan fingerprint density at radius 2 is 2.12 bits per heavy atom. The van der Waals surface area contributed by atoms with E-state index in [0.29, 0.717) is 0 Å². The normalized spacial score (nSPS) is 12.7. The van der Waals surface area contributed by atoms with Gasteiger partial charge in [-0.2, -0.15) is 11.3 Å². The van der Waals surface area contributed by atoms with Crippen molar-refractivity contribution in [3.63, 3.8) is 0 Å². The molecule has 5 heteroatoms. The number of halogens is 2. The lowest BCUT2D eigenvalue weighted by Gasteiger charge is -2.15. The van der Waals surface area contributed by atoms with Gasteiger partial charge in [0, 0.05) is 0 Å². The topological polar surface area (TPSA) is 38.0 Å². The molecule has 0 aliphatic heterocycles. The van der Waals surface area contributed by atoms with Crippen LogP contribution in [0.1, 0.15) is 17.2 Å². The summed E-state index contributed by atoms with van der Waals surface area (Å²) in [6.45, 7) is 0. The Hall–Kier alpha value is -0.940. The molecule has 0 bridgehead atoms. The van der Waals surface area contributed by atoms with Gasteiger partial charge in [0.2, 0.25) is 0 Å². The highest BCUT2D eigenvalue weighted by atomic mass is 35.5. The molecule has 2 rings (SSSR count). The van der Waals surface area contributed by atoms with Crippen LogP contribution in [0.5, 0.6) is 0 Å². The van der Waals surface area contributed by atoms with E-state index in [2.05, 4.69) is 5.43 Å². The van der Waals surface area contributed by atoms with E-state index in [1.165, 1.54) is 6.07 Å². The largest absolute Gasteiger partial charge is 0.271 e. The summed E-state index contributed by atoms with van der Waals surface area (Å²) in [5.74, 6) is 5.08. The first-order valence-electron chi connectivity index (χ1n) is 4.65. The molecule has 1 heterocycles. The fourth-order valence-corrected chi connectivity index (χ4v) is 2.39. The third-order valence-corrected chi connectivity index (χ3v) is 3.31. The Kier molecular flexibility index (Phi) is 3.56. The van der Waals surface area contributed by atoms with Gasteiger partial charge in [-0.3, -0.25) is 5.84 Å². The molecule has 0 amide bonds. The van der Waals surface area contributed by atoms with Gasteiger partial charge in [-0.1, -0.05) is 17.7 Å². The Balaban J connectivity index is 2.37. The second-order valence-corrected chi connectivity index (χ2v) is 4.52. The Labute approximate surface area is 102 Å². The molecule has 1 aromatic heterocycles. The Morgan fingerprint density at radius 1 is 1.31 bits per heavy atom. The number of thiophene rings is 1. The van der Waals surface area contributed by atoms with Crippen molar-refractivity contribution in [3.05, 3.63) is 57.0 Å². The predicted molar refractivity (Wildman–Crippen MR) is 64.9 cm³/mol. The first-order chi connectivity index (χ1) is 7.72. The first-order valence-corrected chi connectivity index (χ1v) is 5.97. The number of hydrogen-bond acceptors (Lipinski definition) is 3. The lowest BCUT2D eigenvalue weighted by Crippen LogP contribution is -2.28. The van der Waals surface area contributed by atoms with E-state index in [1.807, 2.05) is 16.8 Å². The summed E-state index contributed by atoms with van der Waals surface area (Å²) in [6, 6.07) is 6.40. The van der Waals surface area contributed by atoms with Crippen molar-refractivity contribution in [2.45, 2.75) is 6.04 Å². The third-order valence-electron chi connectivity index (χ3n) is 2.32. The van der Waals surface area contributed by atoms with Crippen LogP contribution in [0.2, 0.25) is 5.02 Å². The van der Waals surface area contributed by atoms with Gasteiger partial charge in [0.05, 0.1) is 11.1 Å². The molecule has 0 aliphatic carbocycles. The maximum absolute atomic E-state index is 13.0. The number of nitrogens with two attached hydrogens (primary N) is 1. The van der Waals surface area contributed by atoms with Crippen molar-refractivity contribution in [3.8, 4) is 0 Å². The minimum absolute atomic E-state index is 0.105. The molecule has 0 radical (unpaired) electrons. The van der Waals surface area contributed by atoms with Crippen molar-refractivity contribution in [1.82, 2.24) is 5.43 Å². The van der Waals surface area contributed by atoms with Gasteiger partial charge in [-0.15, -0.1) is 0 Å². The van der Waals surface area contributed by atoms with E-state index in [4.69, 9.17) is 17.4 Å². The first kappa shape index (κ1) is 11.5. The highest BCUT2D eigenvalue weighted by Crippen LogP contribution is 2.26. The average molecular weight is 257 g/mol. The number of nitrogens with one attached hydrogen (secondary N) is 1. The molecule has 1 atom stereocenters. The van der Waals surface area contributed by atoms with Gasteiger partial charge in [0.15, 0.2) is 0 Å². The quantitative estimate of drug-likeness (QED) is 0.654. The SMILES string of the molecule is NNC(c1ccsc1)c1ccc(F)c(Cl)c1. The van der Waals surface area contributed by atoms with Gasteiger partial charge in [0.1, 0.15) is 5.82 Å². The second kappa shape index (κ2) is 4.93. The molecule has 0 fully saturated rings. The van der Waals surface area contributed by atoms with E-state index < -0.39 is 5.82 Å². The molecule has 84 valence electrons. The maximum Gasteiger partial charge on any atom is 0.141 e. The van der Waals surface area contributed by atoms with Crippen LogP contribution in [0.4, 0.5) is 4.39 Å². The van der Waals surface area contributed by atoms with E-state index in [9.17, 15) is 4.39 Å². The molecule has 0 aliphatic rings. The van der Waals surface area contributed by atoms with Crippen LogP contribution < -0.4 is 11.3 Å². The van der Waals surface area contributed by atoms with Crippen LogP contribution in [-0.4, -0.2) is 0 Å². The molecular weight excluding hydrogens is 247 g/mol.